The van der Waals surface area contributed by atoms with Gasteiger partial charge in [0.1, 0.15) is 11.6 Å². The first kappa shape index (κ1) is 19.6. The number of nitrogens with one attached hydrogen (secondary N) is 2. The van der Waals surface area contributed by atoms with Crippen LogP contribution >= 0.6 is 11.6 Å². The first-order chi connectivity index (χ1) is 13.5. The third-order valence-electron chi connectivity index (χ3n) is 4.34. The van der Waals surface area contributed by atoms with Crippen LogP contribution in [0.1, 0.15) is 24.1 Å². The number of aromatic amines is 1. The summed E-state index contributed by atoms with van der Waals surface area (Å²) in [6.45, 7) is 1.88. The molecule has 28 heavy (non-hydrogen) atoms. The standard InChI is InChI=1S/C21H20ClN3O3/c1-13(14-5-9-18(28-2)10-6-14)24-19(26)11-16-12-23-20(25-21(16)27)15-3-7-17(22)8-4-15/h3-10,12-13H,11H2,1-2H3,(H,24,26)(H,23,25,27)/t13-/m1/s1. The van der Waals surface area contributed by atoms with E-state index in [0.29, 0.717) is 16.4 Å². The molecule has 2 N–H and O–H groups in total. The summed E-state index contributed by atoms with van der Waals surface area (Å²) in [6, 6.07) is 14.2. The molecular formula is C21H20ClN3O3. The van der Waals surface area contributed by atoms with Gasteiger partial charge in [0.15, 0.2) is 0 Å². The second-order valence-corrected chi connectivity index (χ2v) is 6.77. The number of hydrogen-bond donors (Lipinski definition) is 2. The van der Waals surface area contributed by atoms with Crippen molar-refractivity contribution in [1.82, 2.24) is 15.3 Å². The lowest BCUT2D eigenvalue weighted by molar-refractivity contribution is -0.121. The number of halogens is 1. The highest BCUT2D eigenvalue weighted by molar-refractivity contribution is 6.30. The van der Waals surface area contributed by atoms with Crippen LogP contribution in [0.4, 0.5) is 0 Å². The van der Waals surface area contributed by atoms with Gasteiger partial charge in [-0.1, -0.05) is 23.7 Å². The monoisotopic (exact) mass is 397 g/mol. The van der Waals surface area contributed by atoms with E-state index in [1.807, 2.05) is 31.2 Å². The zero-order valence-corrected chi connectivity index (χ0v) is 16.3. The highest BCUT2D eigenvalue weighted by Gasteiger charge is 2.13. The van der Waals surface area contributed by atoms with Gasteiger partial charge in [0, 0.05) is 22.3 Å². The van der Waals surface area contributed by atoms with Crippen molar-refractivity contribution in [1.29, 1.82) is 0 Å². The van der Waals surface area contributed by atoms with Crippen molar-refractivity contribution in [2.24, 2.45) is 0 Å². The Labute approximate surface area is 167 Å². The van der Waals surface area contributed by atoms with Crippen molar-refractivity contribution in [3.8, 4) is 17.1 Å². The van der Waals surface area contributed by atoms with Gasteiger partial charge in [-0.25, -0.2) is 4.98 Å². The van der Waals surface area contributed by atoms with Crippen molar-refractivity contribution < 1.29 is 9.53 Å². The Morgan fingerprint density at radius 1 is 1.18 bits per heavy atom. The maximum atomic E-state index is 12.3. The SMILES string of the molecule is COc1ccc([C@@H](C)NC(=O)Cc2cnc(-c3ccc(Cl)cc3)[nH]c2=O)cc1. The van der Waals surface area contributed by atoms with E-state index >= 15 is 0 Å². The largest absolute Gasteiger partial charge is 0.497 e. The number of carbonyl (C=O) groups excluding carboxylic acids is 1. The van der Waals surface area contributed by atoms with E-state index in [9.17, 15) is 9.59 Å². The predicted molar refractivity (Wildman–Crippen MR) is 109 cm³/mol. The number of methoxy groups -OCH3 is 1. The Kier molecular flexibility index (Phi) is 6.11. The van der Waals surface area contributed by atoms with E-state index < -0.39 is 0 Å². The van der Waals surface area contributed by atoms with Crippen LogP contribution in [0.5, 0.6) is 5.75 Å². The lowest BCUT2D eigenvalue weighted by Crippen LogP contribution is -2.30. The molecule has 0 aliphatic heterocycles. The molecule has 2 aromatic carbocycles. The molecule has 1 aromatic heterocycles. The fourth-order valence-corrected chi connectivity index (χ4v) is 2.87. The number of hydrogen-bond acceptors (Lipinski definition) is 4. The first-order valence-electron chi connectivity index (χ1n) is 8.73. The number of benzene rings is 2. The molecule has 1 amide bonds. The third-order valence-corrected chi connectivity index (χ3v) is 4.59. The average Bonchev–Trinajstić information content (AvgIpc) is 2.70. The van der Waals surface area contributed by atoms with Crippen LogP contribution in [-0.2, 0) is 11.2 Å². The summed E-state index contributed by atoms with van der Waals surface area (Å²) in [7, 11) is 1.60. The number of nitrogens with zero attached hydrogens (tertiary/aromatic N) is 1. The zero-order valence-electron chi connectivity index (χ0n) is 15.5. The van der Waals surface area contributed by atoms with Gasteiger partial charge >= 0.3 is 0 Å². The van der Waals surface area contributed by atoms with Crippen molar-refractivity contribution in [3.05, 3.63) is 81.2 Å². The summed E-state index contributed by atoms with van der Waals surface area (Å²) in [5.41, 5.74) is 1.65. The molecular weight excluding hydrogens is 378 g/mol. The maximum absolute atomic E-state index is 12.3. The quantitative estimate of drug-likeness (QED) is 0.666. The lowest BCUT2D eigenvalue weighted by atomic mass is 10.1. The molecule has 0 bridgehead atoms. The maximum Gasteiger partial charge on any atom is 0.254 e. The van der Waals surface area contributed by atoms with Gasteiger partial charge < -0.3 is 15.0 Å². The predicted octanol–water partition coefficient (Wildman–Crippen LogP) is 3.52. The number of rotatable bonds is 6. The minimum absolute atomic E-state index is 0.0519. The molecule has 0 saturated heterocycles. The lowest BCUT2D eigenvalue weighted by Gasteiger charge is -2.14. The molecule has 0 saturated carbocycles. The van der Waals surface area contributed by atoms with Gasteiger partial charge in [0.25, 0.3) is 5.56 Å². The van der Waals surface area contributed by atoms with E-state index in [2.05, 4.69) is 15.3 Å². The molecule has 0 fully saturated rings. The number of carbonyl (C=O) groups is 1. The summed E-state index contributed by atoms with van der Waals surface area (Å²) >= 11 is 5.87. The normalized spacial score (nSPS) is 11.7. The van der Waals surface area contributed by atoms with Gasteiger partial charge in [-0.05, 0) is 48.9 Å². The Balaban J connectivity index is 1.66. The van der Waals surface area contributed by atoms with Gasteiger partial charge in [-0.3, -0.25) is 9.59 Å². The molecule has 0 aliphatic carbocycles. The second kappa shape index (κ2) is 8.71. The highest BCUT2D eigenvalue weighted by Crippen LogP contribution is 2.18. The molecule has 6 nitrogen and oxygen atoms in total. The smallest absolute Gasteiger partial charge is 0.254 e. The van der Waals surface area contributed by atoms with E-state index in [-0.39, 0.29) is 23.9 Å². The van der Waals surface area contributed by atoms with Crippen molar-refractivity contribution in [2.45, 2.75) is 19.4 Å². The van der Waals surface area contributed by atoms with Crippen LogP contribution in [0.2, 0.25) is 5.02 Å². The van der Waals surface area contributed by atoms with Crippen LogP contribution in [0.3, 0.4) is 0 Å². The number of H-pyrrole nitrogens is 1. The Morgan fingerprint density at radius 2 is 1.86 bits per heavy atom. The molecule has 7 heteroatoms. The summed E-state index contributed by atoms with van der Waals surface area (Å²) in [5.74, 6) is 0.924. The zero-order chi connectivity index (χ0) is 20.1. The minimum atomic E-state index is -0.341. The molecule has 0 spiro atoms. The molecule has 3 aromatic rings. The summed E-state index contributed by atoms with van der Waals surface area (Å²) in [4.78, 5) is 31.6. The highest BCUT2D eigenvalue weighted by atomic mass is 35.5. The van der Waals surface area contributed by atoms with Crippen LogP contribution in [-0.4, -0.2) is 23.0 Å². The average molecular weight is 398 g/mol. The van der Waals surface area contributed by atoms with Gasteiger partial charge in [0.2, 0.25) is 5.91 Å². The van der Waals surface area contributed by atoms with Crippen molar-refractivity contribution in [3.63, 3.8) is 0 Å². The first-order valence-corrected chi connectivity index (χ1v) is 9.11. The fourth-order valence-electron chi connectivity index (χ4n) is 2.74. The van der Waals surface area contributed by atoms with Crippen LogP contribution in [0, 0.1) is 0 Å². The Morgan fingerprint density at radius 3 is 2.46 bits per heavy atom. The molecule has 0 aliphatic rings. The Hall–Kier alpha value is -3.12. The van der Waals surface area contributed by atoms with Crippen molar-refractivity contribution in [2.75, 3.05) is 7.11 Å². The summed E-state index contributed by atoms with van der Waals surface area (Å²) in [5, 5.41) is 3.49. The molecule has 144 valence electrons. The van der Waals surface area contributed by atoms with Gasteiger partial charge in [-0.2, -0.15) is 0 Å². The van der Waals surface area contributed by atoms with Crippen LogP contribution in [0.15, 0.2) is 59.5 Å². The van der Waals surface area contributed by atoms with E-state index in [1.165, 1.54) is 6.20 Å². The number of ether oxygens (including phenoxy) is 1. The van der Waals surface area contributed by atoms with Gasteiger partial charge in [-0.15, -0.1) is 0 Å². The van der Waals surface area contributed by atoms with E-state index in [0.717, 1.165) is 16.9 Å². The Bertz CT molecular complexity index is 1010. The van der Waals surface area contributed by atoms with E-state index in [1.54, 1.807) is 31.4 Å². The minimum Gasteiger partial charge on any atom is -0.497 e. The van der Waals surface area contributed by atoms with Gasteiger partial charge in [0.05, 0.1) is 19.6 Å². The molecule has 0 radical (unpaired) electrons. The number of aromatic nitrogens is 2. The molecule has 1 atom stereocenters. The third kappa shape index (κ3) is 4.78. The summed E-state index contributed by atoms with van der Waals surface area (Å²) < 4.78 is 5.13. The van der Waals surface area contributed by atoms with Crippen LogP contribution in [0.25, 0.3) is 11.4 Å². The molecule has 3 rings (SSSR count). The van der Waals surface area contributed by atoms with Crippen LogP contribution < -0.4 is 15.6 Å². The van der Waals surface area contributed by atoms with Crippen molar-refractivity contribution >= 4 is 17.5 Å². The topological polar surface area (TPSA) is 84.1 Å². The summed E-state index contributed by atoms with van der Waals surface area (Å²) in [6.07, 6.45) is 1.38. The molecule has 0 unspecified atom stereocenters. The fraction of sp³-hybridized carbons (Fsp3) is 0.190. The van der Waals surface area contributed by atoms with E-state index in [4.69, 9.17) is 16.3 Å². The number of amides is 1. The molecule has 1 heterocycles. The second-order valence-electron chi connectivity index (χ2n) is 6.33.